The normalized spacial score (nSPS) is 16.3. The molecule has 1 aliphatic heterocycles. The number of carbonyl (C=O) groups is 1. The summed E-state index contributed by atoms with van der Waals surface area (Å²) >= 11 is 0. The second-order valence-electron chi connectivity index (χ2n) is 5.33. The molecule has 1 aromatic rings. The lowest BCUT2D eigenvalue weighted by molar-refractivity contribution is 0.147. The lowest BCUT2D eigenvalue weighted by atomic mass is 10.2. The zero-order valence-electron chi connectivity index (χ0n) is 12.8. The van der Waals surface area contributed by atoms with E-state index in [-0.39, 0.29) is 6.03 Å². The molecule has 1 heterocycles. The Hall–Kier alpha value is -1.81. The summed E-state index contributed by atoms with van der Waals surface area (Å²) in [7, 11) is 0. The number of nitrogens with one attached hydrogen (secondary N) is 1. The summed E-state index contributed by atoms with van der Waals surface area (Å²) in [5, 5.41) is 2.94. The number of piperazine rings is 1. The van der Waals surface area contributed by atoms with Gasteiger partial charge in [0.25, 0.3) is 0 Å². The van der Waals surface area contributed by atoms with Crippen LogP contribution in [0.2, 0.25) is 0 Å². The van der Waals surface area contributed by atoms with Crippen LogP contribution in [0.15, 0.2) is 36.4 Å². The maximum atomic E-state index is 11.8. The van der Waals surface area contributed by atoms with E-state index >= 15 is 0 Å². The quantitative estimate of drug-likeness (QED) is 0.903. The molecular weight excluding hydrogens is 262 g/mol. The van der Waals surface area contributed by atoms with Gasteiger partial charge in [0.2, 0.25) is 0 Å². The van der Waals surface area contributed by atoms with Crippen molar-refractivity contribution < 1.29 is 4.79 Å². The Balaban J connectivity index is 1.69. The predicted octanol–water partition coefficient (Wildman–Crippen LogP) is 2.44. The van der Waals surface area contributed by atoms with E-state index in [4.69, 9.17) is 0 Å². The van der Waals surface area contributed by atoms with Gasteiger partial charge in [-0.25, -0.2) is 4.79 Å². The van der Waals surface area contributed by atoms with Crippen molar-refractivity contribution in [2.45, 2.75) is 13.3 Å². The standard InChI is InChI=1S/C17H25N3O/c1-2-10-18-17(21)20-14-12-19(13-15-20)11-6-9-16-7-4-3-5-8-16/h3-9H,2,10-15H2,1H3,(H,18,21)/b9-6+. The van der Waals surface area contributed by atoms with Crippen LogP contribution in [0, 0.1) is 0 Å². The molecule has 0 spiro atoms. The Morgan fingerprint density at radius 2 is 1.90 bits per heavy atom. The second kappa shape index (κ2) is 8.47. The fourth-order valence-corrected chi connectivity index (χ4v) is 2.38. The first kappa shape index (κ1) is 15.6. The first-order chi connectivity index (χ1) is 10.3. The first-order valence-corrected chi connectivity index (χ1v) is 7.76. The number of rotatable bonds is 5. The van der Waals surface area contributed by atoms with E-state index in [1.807, 2.05) is 23.1 Å². The summed E-state index contributed by atoms with van der Waals surface area (Å²) in [5.74, 6) is 0. The highest BCUT2D eigenvalue weighted by molar-refractivity contribution is 5.74. The van der Waals surface area contributed by atoms with Crippen molar-refractivity contribution in [3.05, 3.63) is 42.0 Å². The van der Waals surface area contributed by atoms with Crippen molar-refractivity contribution in [2.75, 3.05) is 39.3 Å². The van der Waals surface area contributed by atoms with Crippen molar-refractivity contribution in [3.63, 3.8) is 0 Å². The van der Waals surface area contributed by atoms with Gasteiger partial charge in [0.05, 0.1) is 0 Å². The van der Waals surface area contributed by atoms with E-state index in [1.54, 1.807) is 0 Å². The molecule has 1 fully saturated rings. The summed E-state index contributed by atoms with van der Waals surface area (Å²) in [6, 6.07) is 10.4. The van der Waals surface area contributed by atoms with Crippen molar-refractivity contribution in [2.24, 2.45) is 0 Å². The van der Waals surface area contributed by atoms with Gasteiger partial charge in [-0.15, -0.1) is 0 Å². The van der Waals surface area contributed by atoms with Crippen LogP contribution in [0.3, 0.4) is 0 Å². The Morgan fingerprint density at radius 3 is 2.57 bits per heavy atom. The van der Waals surface area contributed by atoms with Crippen LogP contribution in [0.1, 0.15) is 18.9 Å². The third-order valence-corrected chi connectivity index (χ3v) is 3.66. The van der Waals surface area contributed by atoms with Crippen LogP contribution in [0.4, 0.5) is 4.79 Å². The van der Waals surface area contributed by atoms with E-state index in [0.29, 0.717) is 0 Å². The van der Waals surface area contributed by atoms with E-state index in [1.165, 1.54) is 5.56 Å². The van der Waals surface area contributed by atoms with Gasteiger partial charge in [-0.1, -0.05) is 49.4 Å². The van der Waals surface area contributed by atoms with Gasteiger partial charge in [0.15, 0.2) is 0 Å². The minimum Gasteiger partial charge on any atom is -0.338 e. The third kappa shape index (κ3) is 5.23. The molecule has 4 heteroatoms. The molecule has 0 aliphatic carbocycles. The maximum absolute atomic E-state index is 11.8. The van der Waals surface area contributed by atoms with Gasteiger partial charge in [-0.3, -0.25) is 4.90 Å². The monoisotopic (exact) mass is 287 g/mol. The number of urea groups is 1. The van der Waals surface area contributed by atoms with E-state index < -0.39 is 0 Å². The number of carbonyl (C=O) groups excluding carboxylic acids is 1. The predicted molar refractivity (Wildman–Crippen MR) is 87.2 cm³/mol. The molecule has 0 atom stereocenters. The van der Waals surface area contributed by atoms with Gasteiger partial charge in [-0.2, -0.15) is 0 Å². The smallest absolute Gasteiger partial charge is 0.317 e. The van der Waals surface area contributed by atoms with Gasteiger partial charge in [-0.05, 0) is 12.0 Å². The SMILES string of the molecule is CCCNC(=O)N1CCN(C/C=C/c2ccccc2)CC1. The minimum atomic E-state index is 0.0799. The summed E-state index contributed by atoms with van der Waals surface area (Å²) in [6.07, 6.45) is 5.33. The van der Waals surface area contributed by atoms with Gasteiger partial charge in [0, 0.05) is 39.3 Å². The topological polar surface area (TPSA) is 35.6 Å². The van der Waals surface area contributed by atoms with Crippen molar-refractivity contribution in [1.82, 2.24) is 15.1 Å². The molecule has 0 saturated carbocycles. The summed E-state index contributed by atoms with van der Waals surface area (Å²) in [4.78, 5) is 16.1. The average Bonchev–Trinajstić information content (AvgIpc) is 2.54. The molecule has 2 rings (SSSR count). The molecule has 21 heavy (non-hydrogen) atoms. The Morgan fingerprint density at radius 1 is 1.19 bits per heavy atom. The number of nitrogens with zero attached hydrogens (tertiary/aromatic N) is 2. The molecule has 1 aliphatic rings. The van der Waals surface area contributed by atoms with Crippen LogP contribution in [-0.4, -0.2) is 55.1 Å². The fourth-order valence-electron chi connectivity index (χ4n) is 2.38. The maximum Gasteiger partial charge on any atom is 0.317 e. The number of amides is 2. The molecule has 0 aromatic heterocycles. The molecular formula is C17H25N3O. The highest BCUT2D eigenvalue weighted by Gasteiger charge is 2.19. The number of benzene rings is 1. The number of hydrogen-bond donors (Lipinski definition) is 1. The van der Waals surface area contributed by atoms with Crippen LogP contribution in [0.25, 0.3) is 6.08 Å². The van der Waals surface area contributed by atoms with Gasteiger partial charge in [0.1, 0.15) is 0 Å². The lowest BCUT2D eigenvalue weighted by Crippen LogP contribution is -2.51. The molecule has 114 valence electrons. The zero-order chi connectivity index (χ0) is 14.9. The van der Waals surface area contributed by atoms with Crippen molar-refractivity contribution >= 4 is 12.1 Å². The summed E-state index contributed by atoms with van der Waals surface area (Å²) in [5.41, 5.74) is 1.23. The average molecular weight is 287 g/mol. The molecule has 1 saturated heterocycles. The fraction of sp³-hybridized carbons (Fsp3) is 0.471. The van der Waals surface area contributed by atoms with Gasteiger partial charge < -0.3 is 10.2 Å². The molecule has 0 unspecified atom stereocenters. The summed E-state index contributed by atoms with van der Waals surface area (Å²) in [6.45, 7) is 7.29. The third-order valence-electron chi connectivity index (χ3n) is 3.66. The van der Waals surface area contributed by atoms with Crippen molar-refractivity contribution in [3.8, 4) is 0 Å². The minimum absolute atomic E-state index is 0.0799. The van der Waals surface area contributed by atoms with Crippen LogP contribution < -0.4 is 5.32 Å². The van der Waals surface area contributed by atoms with E-state index in [0.717, 1.165) is 45.7 Å². The van der Waals surface area contributed by atoms with Gasteiger partial charge >= 0.3 is 6.03 Å². The first-order valence-electron chi connectivity index (χ1n) is 7.76. The largest absolute Gasteiger partial charge is 0.338 e. The molecule has 0 radical (unpaired) electrons. The molecule has 1 aromatic carbocycles. The van der Waals surface area contributed by atoms with E-state index in [9.17, 15) is 4.79 Å². The lowest BCUT2D eigenvalue weighted by Gasteiger charge is -2.34. The highest BCUT2D eigenvalue weighted by atomic mass is 16.2. The Kier molecular flexibility index (Phi) is 6.28. The summed E-state index contributed by atoms with van der Waals surface area (Å²) < 4.78 is 0. The van der Waals surface area contributed by atoms with Crippen molar-refractivity contribution in [1.29, 1.82) is 0 Å². The zero-order valence-corrected chi connectivity index (χ0v) is 12.8. The molecule has 4 nitrogen and oxygen atoms in total. The highest BCUT2D eigenvalue weighted by Crippen LogP contribution is 2.04. The van der Waals surface area contributed by atoms with Crippen LogP contribution in [-0.2, 0) is 0 Å². The van der Waals surface area contributed by atoms with Crippen LogP contribution in [0.5, 0.6) is 0 Å². The Labute approximate surface area is 127 Å². The van der Waals surface area contributed by atoms with E-state index in [2.05, 4.69) is 41.4 Å². The second-order valence-corrected chi connectivity index (χ2v) is 5.33. The number of hydrogen-bond acceptors (Lipinski definition) is 2. The Bertz CT molecular complexity index is 450. The van der Waals surface area contributed by atoms with Crippen LogP contribution >= 0.6 is 0 Å². The molecule has 0 bridgehead atoms. The molecule has 2 amide bonds. The molecule has 1 N–H and O–H groups in total.